The second kappa shape index (κ2) is 7.61. The molecular formula is C14H18FNO3S. The van der Waals surface area contributed by atoms with Gasteiger partial charge in [-0.05, 0) is 24.3 Å². The third-order valence-corrected chi connectivity index (χ3v) is 4.11. The summed E-state index contributed by atoms with van der Waals surface area (Å²) in [4.78, 5) is 14.7. The molecule has 0 saturated carbocycles. The third kappa shape index (κ3) is 4.47. The zero-order valence-corrected chi connectivity index (χ0v) is 11.9. The number of carbonyl (C=O) groups is 1. The first-order valence-electron chi connectivity index (χ1n) is 6.57. The van der Waals surface area contributed by atoms with Crippen LogP contribution in [0.1, 0.15) is 6.42 Å². The summed E-state index contributed by atoms with van der Waals surface area (Å²) in [6.45, 7) is 1.45. The molecule has 20 heavy (non-hydrogen) atoms. The molecule has 1 aromatic rings. The molecule has 1 atom stereocenters. The molecule has 1 aliphatic rings. The Balaban J connectivity index is 1.73. The van der Waals surface area contributed by atoms with Gasteiger partial charge in [0.1, 0.15) is 5.82 Å². The van der Waals surface area contributed by atoms with Crippen molar-refractivity contribution < 1.29 is 19.0 Å². The standard InChI is InChI=1S/C14H18FNO3S/c15-11-1-3-13(4-2-11)20-8-5-14(18)16-6-7-19-12(9-16)10-17/h1-4,12,17H,5-10H2. The van der Waals surface area contributed by atoms with Crippen molar-refractivity contribution in [1.82, 2.24) is 4.90 Å². The minimum Gasteiger partial charge on any atom is -0.394 e. The molecule has 6 heteroatoms. The summed E-state index contributed by atoms with van der Waals surface area (Å²) in [6, 6.07) is 6.25. The number of hydrogen-bond donors (Lipinski definition) is 1. The van der Waals surface area contributed by atoms with E-state index < -0.39 is 0 Å². The van der Waals surface area contributed by atoms with Gasteiger partial charge < -0.3 is 14.7 Å². The van der Waals surface area contributed by atoms with Gasteiger partial charge in [-0.15, -0.1) is 11.8 Å². The molecule has 0 aromatic heterocycles. The molecule has 4 nitrogen and oxygen atoms in total. The minimum absolute atomic E-state index is 0.0614. The van der Waals surface area contributed by atoms with E-state index >= 15 is 0 Å². The fraction of sp³-hybridized carbons (Fsp3) is 0.500. The molecular weight excluding hydrogens is 281 g/mol. The Morgan fingerprint density at radius 2 is 2.20 bits per heavy atom. The summed E-state index contributed by atoms with van der Waals surface area (Å²) in [5.41, 5.74) is 0. The molecule has 0 spiro atoms. The van der Waals surface area contributed by atoms with Crippen LogP contribution in [0.4, 0.5) is 4.39 Å². The van der Waals surface area contributed by atoms with E-state index in [9.17, 15) is 9.18 Å². The molecule has 110 valence electrons. The highest BCUT2D eigenvalue weighted by molar-refractivity contribution is 7.99. The van der Waals surface area contributed by atoms with Crippen LogP contribution in [0.3, 0.4) is 0 Å². The normalized spacial score (nSPS) is 19.1. The summed E-state index contributed by atoms with van der Waals surface area (Å²) in [6.07, 6.45) is 0.164. The van der Waals surface area contributed by atoms with Gasteiger partial charge in [0.2, 0.25) is 5.91 Å². The number of benzene rings is 1. The number of amides is 1. The van der Waals surface area contributed by atoms with E-state index in [1.807, 2.05) is 0 Å². The second-order valence-electron chi connectivity index (χ2n) is 4.57. The highest BCUT2D eigenvalue weighted by atomic mass is 32.2. The Kier molecular flexibility index (Phi) is 5.82. The first-order chi connectivity index (χ1) is 9.69. The SMILES string of the molecule is O=C(CCSc1ccc(F)cc1)N1CCOC(CO)C1. The van der Waals surface area contributed by atoms with Gasteiger partial charge in [0, 0.05) is 30.2 Å². The quantitative estimate of drug-likeness (QED) is 0.838. The van der Waals surface area contributed by atoms with Gasteiger partial charge in [-0.25, -0.2) is 4.39 Å². The van der Waals surface area contributed by atoms with E-state index in [1.165, 1.54) is 23.9 Å². The van der Waals surface area contributed by atoms with Gasteiger partial charge in [-0.2, -0.15) is 0 Å². The highest BCUT2D eigenvalue weighted by Gasteiger charge is 2.23. The van der Waals surface area contributed by atoms with Crippen LogP contribution in [-0.4, -0.2) is 54.1 Å². The Bertz CT molecular complexity index is 441. The van der Waals surface area contributed by atoms with Crippen LogP contribution in [0, 0.1) is 5.82 Å². The number of carbonyl (C=O) groups excluding carboxylic acids is 1. The van der Waals surface area contributed by atoms with Crippen LogP contribution >= 0.6 is 11.8 Å². The van der Waals surface area contributed by atoms with Crippen LogP contribution in [0.2, 0.25) is 0 Å². The van der Waals surface area contributed by atoms with E-state index in [1.54, 1.807) is 17.0 Å². The van der Waals surface area contributed by atoms with Crippen molar-refractivity contribution in [2.75, 3.05) is 32.1 Å². The maximum atomic E-state index is 12.7. The van der Waals surface area contributed by atoms with Gasteiger partial charge in [0.15, 0.2) is 0 Å². The Morgan fingerprint density at radius 1 is 1.45 bits per heavy atom. The smallest absolute Gasteiger partial charge is 0.223 e. The van der Waals surface area contributed by atoms with Crippen LogP contribution in [0.5, 0.6) is 0 Å². The molecule has 1 N–H and O–H groups in total. The number of thioether (sulfide) groups is 1. The zero-order valence-electron chi connectivity index (χ0n) is 11.1. The molecule has 1 unspecified atom stereocenters. The molecule has 2 rings (SSSR count). The Hall–Kier alpha value is -1.11. The fourth-order valence-corrected chi connectivity index (χ4v) is 2.84. The lowest BCUT2D eigenvalue weighted by Gasteiger charge is -2.32. The van der Waals surface area contributed by atoms with Crippen molar-refractivity contribution in [3.05, 3.63) is 30.1 Å². The highest BCUT2D eigenvalue weighted by Crippen LogP contribution is 2.19. The Morgan fingerprint density at radius 3 is 2.90 bits per heavy atom. The second-order valence-corrected chi connectivity index (χ2v) is 5.74. The maximum Gasteiger partial charge on any atom is 0.223 e. The van der Waals surface area contributed by atoms with Gasteiger partial charge in [0.05, 0.1) is 19.3 Å². The molecule has 0 radical (unpaired) electrons. The van der Waals surface area contributed by atoms with Crippen molar-refractivity contribution in [3.8, 4) is 0 Å². The average molecular weight is 299 g/mol. The van der Waals surface area contributed by atoms with E-state index in [0.717, 1.165) is 4.90 Å². The molecule has 1 aromatic carbocycles. The molecule has 1 saturated heterocycles. The first-order valence-corrected chi connectivity index (χ1v) is 7.56. The number of rotatable bonds is 5. The molecule has 0 bridgehead atoms. The van der Waals surface area contributed by atoms with Gasteiger partial charge in [0.25, 0.3) is 0 Å². The predicted octanol–water partition coefficient (Wildman–Crippen LogP) is 1.53. The van der Waals surface area contributed by atoms with Crippen molar-refractivity contribution in [3.63, 3.8) is 0 Å². The van der Waals surface area contributed by atoms with E-state index in [2.05, 4.69) is 0 Å². The van der Waals surface area contributed by atoms with Crippen LogP contribution in [-0.2, 0) is 9.53 Å². The van der Waals surface area contributed by atoms with Crippen LogP contribution in [0.15, 0.2) is 29.2 Å². The monoisotopic (exact) mass is 299 g/mol. The van der Waals surface area contributed by atoms with Crippen molar-refractivity contribution in [2.24, 2.45) is 0 Å². The molecule has 0 aliphatic carbocycles. The lowest BCUT2D eigenvalue weighted by Crippen LogP contribution is -2.47. The van der Waals surface area contributed by atoms with Crippen molar-refractivity contribution in [2.45, 2.75) is 17.4 Å². The fourth-order valence-electron chi connectivity index (χ4n) is 2.00. The molecule has 1 fully saturated rings. The largest absolute Gasteiger partial charge is 0.394 e. The third-order valence-electron chi connectivity index (χ3n) is 3.09. The molecule has 1 amide bonds. The summed E-state index contributed by atoms with van der Waals surface area (Å²) < 4.78 is 18.1. The summed E-state index contributed by atoms with van der Waals surface area (Å²) >= 11 is 1.53. The van der Waals surface area contributed by atoms with Gasteiger partial charge >= 0.3 is 0 Å². The van der Waals surface area contributed by atoms with E-state index in [-0.39, 0.29) is 24.4 Å². The maximum absolute atomic E-state index is 12.7. The minimum atomic E-state index is -0.266. The average Bonchev–Trinajstić information content (AvgIpc) is 2.49. The summed E-state index contributed by atoms with van der Waals surface area (Å²) in [5, 5.41) is 9.04. The summed E-state index contributed by atoms with van der Waals surface area (Å²) in [7, 11) is 0. The zero-order chi connectivity index (χ0) is 14.4. The number of aliphatic hydroxyl groups excluding tert-OH is 1. The summed E-state index contributed by atoms with van der Waals surface area (Å²) in [5.74, 6) is 0.473. The topological polar surface area (TPSA) is 49.8 Å². The Labute approximate surface area is 121 Å². The first kappa shape index (κ1) is 15.3. The van der Waals surface area contributed by atoms with E-state index in [0.29, 0.717) is 31.9 Å². The predicted molar refractivity (Wildman–Crippen MR) is 75.1 cm³/mol. The lowest BCUT2D eigenvalue weighted by molar-refractivity contribution is -0.139. The lowest BCUT2D eigenvalue weighted by atomic mass is 10.2. The molecule has 1 aliphatic heterocycles. The van der Waals surface area contributed by atoms with Crippen molar-refractivity contribution >= 4 is 17.7 Å². The van der Waals surface area contributed by atoms with Gasteiger partial charge in [-0.3, -0.25) is 4.79 Å². The molecule has 1 heterocycles. The number of ether oxygens (including phenoxy) is 1. The van der Waals surface area contributed by atoms with Gasteiger partial charge in [-0.1, -0.05) is 0 Å². The number of morpholine rings is 1. The number of aliphatic hydroxyl groups is 1. The van der Waals surface area contributed by atoms with Crippen LogP contribution in [0.25, 0.3) is 0 Å². The van der Waals surface area contributed by atoms with Crippen molar-refractivity contribution in [1.29, 1.82) is 0 Å². The van der Waals surface area contributed by atoms with Crippen LogP contribution < -0.4 is 0 Å². The number of hydrogen-bond acceptors (Lipinski definition) is 4. The number of nitrogens with zero attached hydrogens (tertiary/aromatic N) is 1. The van der Waals surface area contributed by atoms with E-state index in [4.69, 9.17) is 9.84 Å². The number of halogens is 1.